The molecule has 11 heteroatoms. The number of carbonyl (C=O) groups excluding carboxylic acids is 4. The highest BCUT2D eigenvalue weighted by molar-refractivity contribution is 6.18. The van der Waals surface area contributed by atoms with Gasteiger partial charge in [0.15, 0.2) is 0 Å². The molecule has 0 radical (unpaired) electrons. The van der Waals surface area contributed by atoms with E-state index in [4.69, 9.17) is 4.52 Å². The predicted octanol–water partition coefficient (Wildman–Crippen LogP) is -0.435. The molecule has 11 nitrogen and oxygen atoms in total. The molecular formula is C18H18N6O5. The van der Waals surface area contributed by atoms with Crippen LogP contribution in [0.1, 0.15) is 18.7 Å². The Kier molecular flexibility index (Phi) is 4.49. The van der Waals surface area contributed by atoms with Crippen molar-refractivity contribution >= 4 is 23.6 Å². The van der Waals surface area contributed by atoms with Crippen LogP contribution in [0.15, 0.2) is 34.8 Å². The summed E-state index contributed by atoms with van der Waals surface area (Å²) in [5.41, 5.74) is 0.902. The van der Waals surface area contributed by atoms with Gasteiger partial charge in [-0.15, -0.1) is 0 Å². The van der Waals surface area contributed by atoms with Crippen LogP contribution in [0, 0.1) is 0 Å². The zero-order chi connectivity index (χ0) is 20.7. The molecule has 0 aliphatic carbocycles. The van der Waals surface area contributed by atoms with Crippen LogP contribution >= 0.6 is 0 Å². The number of nitrogens with zero attached hydrogens (tertiary/aromatic N) is 5. The van der Waals surface area contributed by atoms with Crippen LogP contribution in [-0.4, -0.2) is 61.2 Å². The van der Waals surface area contributed by atoms with Crippen LogP contribution in [0.5, 0.6) is 0 Å². The summed E-state index contributed by atoms with van der Waals surface area (Å²) in [5, 5.41) is 6.08. The van der Waals surface area contributed by atoms with Crippen LogP contribution < -0.4 is 5.32 Å². The minimum atomic E-state index is -0.997. The van der Waals surface area contributed by atoms with Gasteiger partial charge in [0, 0.05) is 44.5 Å². The summed E-state index contributed by atoms with van der Waals surface area (Å²) in [6, 6.07) is 0.848. The maximum Gasteiger partial charge on any atom is 0.277 e. The average molecular weight is 398 g/mol. The first kappa shape index (κ1) is 18.6. The van der Waals surface area contributed by atoms with Crippen LogP contribution in [0.3, 0.4) is 0 Å². The number of nitrogens with one attached hydrogen (secondary N) is 1. The molecule has 1 atom stereocenters. The number of hydrogen-bond donors (Lipinski definition) is 1. The molecule has 0 bridgehead atoms. The number of aryl methyl sites for hydroxylation is 1. The highest BCUT2D eigenvalue weighted by atomic mass is 16.5. The van der Waals surface area contributed by atoms with Gasteiger partial charge in [0.25, 0.3) is 11.8 Å². The van der Waals surface area contributed by atoms with E-state index in [0.29, 0.717) is 5.82 Å². The SMILES string of the molecule is CN(Cc1nc(-c2ccn(C)c2)no1)C1=CC(=O)N(C2CCC(=O)NC2=O)C1=O. The number of amides is 4. The van der Waals surface area contributed by atoms with E-state index >= 15 is 0 Å². The monoisotopic (exact) mass is 398 g/mol. The lowest BCUT2D eigenvalue weighted by atomic mass is 10.0. The Hall–Kier alpha value is -3.76. The molecule has 0 aromatic carbocycles. The fourth-order valence-corrected chi connectivity index (χ4v) is 3.33. The third kappa shape index (κ3) is 3.42. The molecule has 1 saturated heterocycles. The Morgan fingerprint density at radius 3 is 2.79 bits per heavy atom. The van der Waals surface area contributed by atoms with Crippen molar-refractivity contribution in [2.75, 3.05) is 7.05 Å². The van der Waals surface area contributed by atoms with Gasteiger partial charge in [-0.3, -0.25) is 29.4 Å². The normalized spacial score (nSPS) is 19.6. The van der Waals surface area contributed by atoms with E-state index in [-0.39, 0.29) is 31.0 Å². The first-order valence-electron chi connectivity index (χ1n) is 8.92. The Bertz CT molecular complexity index is 1050. The van der Waals surface area contributed by atoms with Gasteiger partial charge >= 0.3 is 0 Å². The molecule has 1 unspecified atom stereocenters. The largest absolute Gasteiger partial charge is 0.361 e. The van der Waals surface area contributed by atoms with Crippen LogP contribution in [0.25, 0.3) is 11.4 Å². The number of piperidine rings is 1. The zero-order valence-corrected chi connectivity index (χ0v) is 15.8. The summed E-state index contributed by atoms with van der Waals surface area (Å²) in [5.74, 6) is -1.57. The lowest BCUT2D eigenvalue weighted by molar-refractivity contribution is -0.150. The average Bonchev–Trinajstić information content (AvgIpc) is 3.36. The maximum absolute atomic E-state index is 12.8. The second-order valence-corrected chi connectivity index (χ2v) is 6.94. The van der Waals surface area contributed by atoms with E-state index in [0.717, 1.165) is 10.5 Å². The summed E-state index contributed by atoms with van der Waals surface area (Å²) in [7, 11) is 3.49. The molecule has 2 aromatic heterocycles. The van der Waals surface area contributed by atoms with Gasteiger partial charge in [0.1, 0.15) is 11.7 Å². The van der Waals surface area contributed by atoms with Gasteiger partial charge in [-0.2, -0.15) is 4.98 Å². The molecule has 29 heavy (non-hydrogen) atoms. The number of hydrogen-bond acceptors (Lipinski definition) is 8. The van der Waals surface area contributed by atoms with E-state index in [9.17, 15) is 19.2 Å². The van der Waals surface area contributed by atoms with E-state index < -0.39 is 29.7 Å². The number of imide groups is 2. The van der Waals surface area contributed by atoms with Crippen LogP contribution in [0.2, 0.25) is 0 Å². The van der Waals surface area contributed by atoms with Gasteiger partial charge in [-0.25, -0.2) is 0 Å². The molecule has 2 aromatic rings. The Labute approximate surface area is 164 Å². The zero-order valence-electron chi connectivity index (χ0n) is 15.8. The number of carbonyl (C=O) groups is 4. The van der Waals surface area contributed by atoms with Crippen molar-refractivity contribution in [3.8, 4) is 11.4 Å². The highest BCUT2D eigenvalue weighted by Crippen LogP contribution is 2.24. The molecule has 4 amide bonds. The second-order valence-electron chi connectivity index (χ2n) is 6.94. The Morgan fingerprint density at radius 1 is 1.31 bits per heavy atom. The lowest BCUT2D eigenvalue weighted by Crippen LogP contribution is -2.54. The number of rotatable bonds is 5. The van der Waals surface area contributed by atoms with Crippen molar-refractivity contribution < 1.29 is 23.7 Å². The smallest absolute Gasteiger partial charge is 0.277 e. The van der Waals surface area contributed by atoms with Gasteiger partial charge in [-0.1, -0.05) is 5.16 Å². The quantitative estimate of drug-likeness (QED) is 0.671. The van der Waals surface area contributed by atoms with Gasteiger partial charge in [-0.05, 0) is 12.5 Å². The van der Waals surface area contributed by atoms with E-state index in [2.05, 4.69) is 15.5 Å². The summed E-state index contributed by atoms with van der Waals surface area (Å²) in [6.45, 7) is 0.105. The topological polar surface area (TPSA) is 131 Å². The van der Waals surface area contributed by atoms with Gasteiger partial charge in [0.05, 0.1) is 6.54 Å². The van der Waals surface area contributed by atoms with Crippen LogP contribution in [0.4, 0.5) is 0 Å². The maximum atomic E-state index is 12.8. The fourth-order valence-electron chi connectivity index (χ4n) is 3.33. The van der Waals surface area contributed by atoms with Crippen molar-refractivity contribution in [1.29, 1.82) is 0 Å². The predicted molar refractivity (Wildman–Crippen MR) is 96.3 cm³/mol. The lowest BCUT2D eigenvalue weighted by Gasteiger charge is -2.29. The summed E-state index contributed by atoms with van der Waals surface area (Å²) in [6.07, 6.45) is 5.05. The fraction of sp³-hybridized carbons (Fsp3) is 0.333. The number of aromatic nitrogens is 3. The Morgan fingerprint density at radius 2 is 2.10 bits per heavy atom. The van der Waals surface area contributed by atoms with Crippen molar-refractivity contribution in [3.05, 3.63) is 36.1 Å². The van der Waals surface area contributed by atoms with Crippen molar-refractivity contribution in [1.82, 2.24) is 29.8 Å². The third-order valence-electron chi connectivity index (χ3n) is 4.80. The van der Waals surface area contributed by atoms with Crippen molar-refractivity contribution in [2.24, 2.45) is 7.05 Å². The molecular weight excluding hydrogens is 380 g/mol. The van der Waals surface area contributed by atoms with E-state index in [1.54, 1.807) is 7.05 Å². The Balaban J connectivity index is 1.46. The van der Waals surface area contributed by atoms with Gasteiger partial charge in [0.2, 0.25) is 23.5 Å². The summed E-state index contributed by atoms with van der Waals surface area (Å²) in [4.78, 5) is 55.2. The highest BCUT2D eigenvalue weighted by Gasteiger charge is 2.43. The van der Waals surface area contributed by atoms with Gasteiger partial charge < -0.3 is 14.0 Å². The molecule has 0 spiro atoms. The number of likely N-dealkylation sites (N-methyl/N-ethyl adjacent to an activating group) is 1. The second kappa shape index (κ2) is 7.00. The van der Waals surface area contributed by atoms with E-state index in [1.165, 1.54) is 11.0 Å². The van der Waals surface area contributed by atoms with Crippen molar-refractivity contribution in [2.45, 2.75) is 25.4 Å². The molecule has 1 N–H and O–H groups in total. The summed E-state index contributed by atoms with van der Waals surface area (Å²) < 4.78 is 7.10. The minimum Gasteiger partial charge on any atom is -0.361 e. The molecule has 150 valence electrons. The van der Waals surface area contributed by atoms with E-state index in [1.807, 2.05) is 30.1 Å². The molecule has 0 saturated carbocycles. The minimum absolute atomic E-state index is 0.0723. The molecule has 2 aliphatic heterocycles. The molecule has 1 fully saturated rings. The van der Waals surface area contributed by atoms with Crippen molar-refractivity contribution in [3.63, 3.8) is 0 Å². The first-order valence-corrected chi connectivity index (χ1v) is 8.92. The summed E-state index contributed by atoms with van der Waals surface area (Å²) >= 11 is 0. The third-order valence-corrected chi connectivity index (χ3v) is 4.80. The first-order chi connectivity index (χ1) is 13.8. The molecule has 4 heterocycles. The molecule has 2 aliphatic rings. The standard InChI is InChI=1S/C18H18N6O5/c1-22-6-5-10(8-22)16-20-14(29-21-16)9-23(2)12-7-15(26)24(18(12)28)11-3-4-13(25)19-17(11)27/h5-8,11H,3-4,9H2,1-2H3,(H,19,25,27). The molecule has 4 rings (SSSR count). The van der Waals surface area contributed by atoms with Crippen LogP contribution in [-0.2, 0) is 32.8 Å².